The number of nitrogens with zero attached hydrogens (tertiary/aromatic N) is 1. The number of benzene rings is 1. The second-order valence-corrected chi connectivity index (χ2v) is 6.66. The van der Waals surface area contributed by atoms with Crippen LogP contribution in [0.25, 0.3) is 0 Å². The maximum absolute atomic E-state index is 12.1. The highest BCUT2D eigenvalue weighted by Gasteiger charge is 2.27. The molecule has 5 nitrogen and oxygen atoms in total. The fourth-order valence-corrected chi connectivity index (χ4v) is 2.38. The first-order chi connectivity index (χ1) is 10.4. The molecule has 0 radical (unpaired) electrons. The first-order valence-corrected chi connectivity index (χ1v) is 7.83. The molecule has 1 aromatic rings. The molecule has 1 saturated heterocycles. The molecule has 0 bridgehead atoms. The molecule has 0 aliphatic carbocycles. The zero-order valence-corrected chi connectivity index (χ0v) is 13.7. The van der Waals surface area contributed by atoms with E-state index in [4.69, 9.17) is 9.57 Å². The van der Waals surface area contributed by atoms with Gasteiger partial charge in [-0.05, 0) is 39.2 Å². The Morgan fingerprint density at radius 3 is 2.73 bits per heavy atom. The Balaban J connectivity index is 1.75. The van der Waals surface area contributed by atoms with Gasteiger partial charge in [0, 0.05) is 13.1 Å². The quantitative estimate of drug-likeness (QED) is 0.868. The molecular formula is C17H26N2O3. The molecule has 1 amide bonds. The Kier molecular flexibility index (Phi) is 5.80. The topological polar surface area (TPSA) is 50.8 Å². The van der Waals surface area contributed by atoms with Crippen molar-refractivity contribution in [2.45, 2.75) is 51.9 Å². The van der Waals surface area contributed by atoms with Gasteiger partial charge >= 0.3 is 6.09 Å². The molecule has 1 fully saturated rings. The summed E-state index contributed by atoms with van der Waals surface area (Å²) in [6.45, 7) is 7.52. The second-order valence-electron chi connectivity index (χ2n) is 6.66. The van der Waals surface area contributed by atoms with Crippen LogP contribution in [0.15, 0.2) is 30.3 Å². The first kappa shape index (κ1) is 16.8. The van der Waals surface area contributed by atoms with Crippen LogP contribution < -0.4 is 5.48 Å². The molecule has 0 spiro atoms. The van der Waals surface area contributed by atoms with Crippen molar-refractivity contribution in [3.63, 3.8) is 0 Å². The molecule has 1 aliphatic heterocycles. The average molecular weight is 306 g/mol. The van der Waals surface area contributed by atoms with E-state index in [0.717, 1.165) is 24.9 Å². The standard InChI is InChI=1S/C17H26N2O3/c1-17(2,3)22-16(20)19-11-7-10-15(12-19)18-21-13-14-8-5-4-6-9-14/h4-6,8-9,15,18H,7,10-13H2,1-3H3/t15-/m0/s1. The van der Waals surface area contributed by atoms with E-state index < -0.39 is 5.60 Å². The monoisotopic (exact) mass is 306 g/mol. The number of ether oxygens (including phenoxy) is 1. The zero-order valence-electron chi connectivity index (χ0n) is 13.7. The Morgan fingerprint density at radius 1 is 1.32 bits per heavy atom. The van der Waals surface area contributed by atoms with Gasteiger partial charge in [-0.3, -0.25) is 4.84 Å². The molecule has 2 rings (SSSR count). The minimum absolute atomic E-state index is 0.144. The largest absolute Gasteiger partial charge is 0.444 e. The summed E-state index contributed by atoms with van der Waals surface area (Å²) in [4.78, 5) is 19.4. The van der Waals surface area contributed by atoms with Gasteiger partial charge in [-0.1, -0.05) is 30.3 Å². The number of piperidine rings is 1. The molecule has 1 N–H and O–H groups in total. The minimum atomic E-state index is -0.457. The van der Waals surface area contributed by atoms with Gasteiger partial charge in [0.05, 0.1) is 12.6 Å². The number of hydrogen-bond donors (Lipinski definition) is 1. The summed E-state index contributed by atoms with van der Waals surface area (Å²) in [5, 5.41) is 0. The van der Waals surface area contributed by atoms with Crippen LogP contribution in [0.4, 0.5) is 4.79 Å². The molecular weight excluding hydrogens is 280 g/mol. The highest BCUT2D eigenvalue weighted by Crippen LogP contribution is 2.15. The molecule has 0 saturated carbocycles. The van der Waals surface area contributed by atoms with E-state index >= 15 is 0 Å². The van der Waals surface area contributed by atoms with Gasteiger partial charge in [-0.2, -0.15) is 5.48 Å². The van der Waals surface area contributed by atoms with Crippen molar-refractivity contribution < 1.29 is 14.4 Å². The maximum atomic E-state index is 12.1. The van der Waals surface area contributed by atoms with Crippen LogP contribution >= 0.6 is 0 Å². The lowest BCUT2D eigenvalue weighted by molar-refractivity contribution is -0.0228. The Bertz CT molecular complexity index is 471. The third kappa shape index (κ3) is 5.66. The van der Waals surface area contributed by atoms with Gasteiger partial charge < -0.3 is 9.64 Å². The number of likely N-dealkylation sites (tertiary alicyclic amines) is 1. The molecule has 0 aromatic heterocycles. The molecule has 122 valence electrons. The van der Waals surface area contributed by atoms with Crippen LogP contribution in [0.1, 0.15) is 39.2 Å². The van der Waals surface area contributed by atoms with Gasteiger partial charge in [-0.15, -0.1) is 0 Å². The number of carbonyl (C=O) groups is 1. The van der Waals surface area contributed by atoms with E-state index in [0.29, 0.717) is 13.2 Å². The van der Waals surface area contributed by atoms with Gasteiger partial charge in [0.25, 0.3) is 0 Å². The van der Waals surface area contributed by atoms with Crippen molar-refractivity contribution in [2.24, 2.45) is 0 Å². The molecule has 0 unspecified atom stereocenters. The summed E-state index contributed by atoms with van der Waals surface area (Å²) in [7, 11) is 0. The normalized spacial score (nSPS) is 19.0. The fraction of sp³-hybridized carbons (Fsp3) is 0.588. The molecule has 1 heterocycles. The third-order valence-electron chi connectivity index (χ3n) is 3.40. The van der Waals surface area contributed by atoms with Crippen molar-refractivity contribution in [3.05, 3.63) is 35.9 Å². The van der Waals surface area contributed by atoms with E-state index in [1.165, 1.54) is 0 Å². The Labute approximate surface area is 132 Å². The fourth-order valence-electron chi connectivity index (χ4n) is 2.38. The highest BCUT2D eigenvalue weighted by molar-refractivity contribution is 5.68. The Hall–Kier alpha value is -1.59. The number of amides is 1. The van der Waals surface area contributed by atoms with Gasteiger partial charge in [0.15, 0.2) is 0 Å². The minimum Gasteiger partial charge on any atom is -0.444 e. The zero-order chi connectivity index (χ0) is 16.0. The van der Waals surface area contributed by atoms with Crippen molar-refractivity contribution in [1.29, 1.82) is 0 Å². The number of nitrogens with one attached hydrogen (secondary N) is 1. The first-order valence-electron chi connectivity index (χ1n) is 7.83. The lowest BCUT2D eigenvalue weighted by atomic mass is 10.1. The molecule has 1 aromatic carbocycles. The maximum Gasteiger partial charge on any atom is 0.410 e. The predicted molar refractivity (Wildman–Crippen MR) is 85.2 cm³/mol. The highest BCUT2D eigenvalue weighted by atomic mass is 16.6. The summed E-state index contributed by atoms with van der Waals surface area (Å²) in [5.74, 6) is 0. The van der Waals surface area contributed by atoms with E-state index in [-0.39, 0.29) is 12.1 Å². The van der Waals surface area contributed by atoms with E-state index in [1.807, 2.05) is 51.1 Å². The SMILES string of the molecule is CC(C)(C)OC(=O)N1CCC[C@H](NOCc2ccccc2)C1. The average Bonchev–Trinajstić information content (AvgIpc) is 2.47. The predicted octanol–water partition coefficient (Wildman–Crippen LogP) is 3.11. The second kappa shape index (κ2) is 7.61. The van der Waals surface area contributed by atoms with Gasteiger partial charge in [0.1, 0.15) is 5.60 Å². The van der Waals surface area contributed by atoms with E-state index in [9.17, 15) is 4.79 Å². The van der Waals surface area contributed by atoms with Crippen LogP contribution in [0.2, 0.25) is 0 Å². The van der Waals surface area contributed by atoms with Crippen molar-refractivity contribution in [2.75, 3.05) is 13.1 Å². The smallest absolute Gasteiger partial charge is 0.410 e. The third-order valence-corrected chi connectivity index (χ3v) is 3.40. The van der Waals surface area contributed by atoms with Crippen molar-refractivity contribution in [3.8, 4) is 0 Å². The summed E-state index contributed by atoms with van der Waals surface area (Å²) in [6.07, 6.45) is 1.70. The molecule has 1 atom stereocenters. The molecule has 1 aliphatic rings. The van der Waals surface area contributed by atoms with Crippen LogP contribution in [0.3, 0.4) is 0 Å². The Morgan fingerprint density at radius 2 is 2.05 bits per heavy atom. The molecule has 5 heteroatoms. The van der Waals surface area contributed by atoms with E-state index in [2.05, 4.69) is 5.48 Å². The van der Waals surface area contributed by atoms with Crippen LogP contribution in [-0.4, -0.2) is 35.7 Å². The van der Waals surface area contributed by atoms with Crippen LogP contribution in [0.5, 0.6) is 0 Å². The lowest BCUT2D eigenvalue weighted by Gasteiger charge is -2.34. The number of carbonyl (C=O) groups excluding carboxylic acids is 1. The van der Waals surface area contributed by atoms with Gasteiger partial charge in [0.2, 0.25) is 0 Å². The number of hydroxylamine groups is 1. The van der Waals surface area contributed by atoms with Gasteiger partial charge in [-0.25, -0.2) is 4.79 Å². The summed E-state index contributed by atoms with van der Waals surface area (Å²) in [6, 6.07) is 10.2. The van der Waals surface area contributed by atoms with Crippen LogP contribution in [-0.2, 0) is 16.2 Å². The van der Waals surface area contributed by atoms with Crippen molar-refractivity contribution in [1.82, 2.24) is 10.4 Å². The number of rotatable bonds is 4. The molecule has 22 heavy (non-hydrogen) atoms. The number of hydrogen-bond acceptors (Lipinski definition) is 4. The summed E-state index contributed by atoms with van der Waals surface area (Å²) >= 11 is 0. The van der Waals surface area contributed by atoms with Crippen LogP contribution in [0, 0.1) is 0 Å². The van der Waals surface area contributed by atoms with Crippen molar-refractivity contribution >= 4 is 6.09 Å². The summed E-state index contributed by atoms with van der Waals surface area (Å²) in [5.41, 5.74) is 3.73. The summed E-state index contributed by atoms with van der Waals surface area (Å²) < 4.78 is 5.42. The van der Waals surface area contributed by atoms with E-state index in [1.54, 1.807) is 4.90 Å². The lowest BCUT2D eigenvalue weighted by Crippen LogP contribution is -2.49.